The lowest BCUT2D eigenvalue weighted by atomic mass is 9.91. The molecule has 2 aliphatic rings. The molecule has 2 aliphatic heterocycles. The van der Waals surface area contributed by atoms with E-state index in [1.54, 1.807) is 4.90 Å². The topological polar surface area (TPSA) is 66.8 Å². The number of hydrogen-bond acceptors (Lipinski definition) is 3. The standard InChI is InChI=1S/C15H25NO4/c1-11-4-7-16(13(10-11)15(18)19)14(17)3-2-12-5-8-20-9-6-12/h11-13H,2-10H2,1H3,(H,18,19). The van der Waals surface area contributed by atoms with E-state index in [-0.39, 0.29) is 5.91 Å². The van der Waals surface area contributed by atoms with E-state index in [1.165, 1.54) is 0 Å². The van der Waals surface area contributed by atoms with E-state index < -0.39 is 12.0 Å². The number of carboxylic acid groups (broad SMARTS) is 1. The molecule has 2 rings (SSSR count). The van der Waals surface area contributed by atoms with Gasteiger partial charge in [0.2, 0.25) is 5.91 Å². The number of ether oxygens (including phenoxy) is 1. The Kier molecular flexibility index (Phi) is 5.40. The molecule has 2 fully saturated rings. The lowest BCUT2D eigenvalue weighted by Gasteiger charge is -2.36. The van der Waals surface area contributed by atoms with Crippen molar-refractivity contribution in [2.24, 2.45) is 11.8 Å². The Morgan fingerprint density at radius 1 is 1.25 bits per heavy atom. The molecule has 0 aromatic rings. The summed E-state index contributed by atoms with van der Waals surface area (Å²) in [5, 5.41) is 9.28. The fourth-order valence-electron chi connectivity index (χ4n) is 3.18. The van der Waals surface area contributed by atoms with E-state index in [1.807, 2.05) is 0 Å². The number of aliphatic carboxylic acids is 1. The second kappa shape index (κ2) is 7.07. The number of carbonyl (C=O) groups excluding carboxylic acids is 1. The van der Waals surface area contributed by atoms with Crippen molar-refractivity contribution in [3.05, 3.63) is 0 Å². The molecule has 0 radical (unpaired) electrons. The van der Waals surface area contributed by atoms with Gasteiger partial charge in [-0.15, -0.1) is 0 Å². The SMILES string of the molecule is CC1CCN(C(=O)CCC2CCOCC2)C(C(=O)O)C1. The molecule has 2 unspecified atom stereocenters. The zero-order valence-electron chi connectivity index (χ0n) is 12.2. The van der Waals surface area contributed by atoms with Gasteiger partial charge in [0, 0.05) is 26.2 Å². The van der Waals surface area contributed by atoms with Gasteiger partial charge in [-0.1, -0.05) is 6.92 Å². The summed E-state index contributed by atoms with van der Waals surface area (Å²) < 4.78 is 5.31. The number of rotatable bonds is 4. The van der Waals surface area contributed by atoms with Crippen LogP contribution in [0.2, 0.25) is 0 Å². The number of piperidine rings is 1. The fourth-order valence-corrected chi connectivity index (χ4v) is 3.18. The molecule has 2 heterocycles. The van der Waals surface area contributed by atoms with Crippen LogP contribution in [0.3, 0.4) is 0 Å². The van der Waals surface area contributed by atoms with Crippen molar-refractivity contribution in [1.29, 1.82) is 0 Å². The fraction of sp³-hybridized carbons (Fsp3) is 0.867. The summed E-state index contributed by atoms with van der Waals surface area (Å²) in [7, 11) is 0. The van der Waals surface area contributed by atoms with Crippen LogP contribution in [0, 0.1) is 11.8 Å². The normalized spacial score (nSPS) is 28.4. The van der Waals surface area contributed by atoms with Crippen LogP contribution in [0.1, 0.15) is 45.4 Å². The minimum absolute atomic E-state index is 0.00999. The molecule has 1 N–H and O–H groups in total. The Hall–Kier alpha value is -1.10. The Labute approximate surface area is 120 Å². The van der Waals surface area contributed by atoms with E-state index in [2.05, 4.69) is 6.92 Å². The molecule has 0 bridgehead atoms. The van der Waals surface area contributed by atoms with Crippen LogP contribution >= 0.6 is 0 Å². The molecule has 5 heteroatoms. The van der Waals surface area contributed by atoms with Crippen molar-refractivity contribution in [3.8, 4) is 0 Å². The molecule has 0 aliphatic carbocycles. The zero-order chi connectivity index (χ0) is 14.5. The molecule has 5 nitrogen and oxygen atoms in total. The molecule has 20 heavy (non-hydrogen) atoms. The summed E-state index contributed by atoms with van der Waals surface area (Å²) in [4.78, 5) is 25.2. The van der Waals surface area contributed by atoms with Crippen LogP contribution in [0.5, 0.6) is 0 Å². The Balaban J connectivity index is 1.84. The van der Waals surface area contributed by atoms with Gasteiger partial charge in [-0.25, -0.2) is 4.79 Å². The van der Waals surface area contributed by atoms with Gasteiger partial charge in [-0.05, 0) is 43.9 Å². The van der Waals surface area contributed by atoms with Crippen LogP contribution < -0.4 is 0 Å². The van der Waals surface area contributed by atoms with Gasteiger partial charge in [0.25, 0.3) is 0 Å². The largest absolute Gasteiger partial charge is 0.480 e. The van der Waals surface area contributed by atoms with Crippen molar-refractivity contribution in [2.75, 3.05) is 19.8 Å². The monoisotopic (exact) mass is 283 g/mol. The highest BCUT2D eigenvalue weighted by Gasteiger charge is 2.34. The highest BCUT2D eigenvalue weighted by Crippen LogP contribution is 2.25. The Morgan fingerprint density at radius 2 is 1.95 bits per heavy atom. The average molecular weight is 283 g/mol. The van der Waals surface area contributed by atoms with E-state index in [4.69, 9.17) is 4.74 Å². The third-order valence-corrected chi connectivity index (χ3v) is 4.58. The Morgan fingerprint density at radius 3 is 2.60 bits per heavy atom. The van der Waals surface area contributed by atoms with E-state index in [9.17, 15) is 14.7 Å². The van der Waals surface area contributed by atoms with Crippen LogP contribution in [-0.2, 0) is 14.3 Å². The number of nitrogens with zero attached hydrogens (tertiary/aromatic N) is 1. The van der Waals surface area contributed by atoms with Crippen molar-refractivity contribution < 1.29 is 19.4 Å². The summed E-state index contributed by atoms with van der Waals surface area (Å²) >= 11 is 0. The van der Waals surface area contributed by atoms with Crippen molar-refractivity contribution in [2.45, 2.75) is 51.5 Å². The van der Waals surface area contributed by atoms with Gasteiger partial charge in [-0.3, -0.25) is 4.79 Å². The summed E-state index contributed by atoms with van der Waals surface area (Å²) in [6.07, 6.45) is 4.87. The van der Waals surface area contributed by atoms with E-state index in [0.717, 1.165) is 38.9 Å². The second-order valence-electron chi connectivity index (χ2n) is 6.17. The van der Waals surface area contributed by atoms with E-state index >= 15 is 0 Å². The van der Waals surface area contributed by atoms with Gasteiger partial charge in [0.15, 0.2) is 0 Å². The van der Waals surface area contributed by atoms with Crippen LogP contribution in [-0.4, -0.2) is 47.7 Å². The maximum Gasteiger partial charge on any atom is 0.326 e. The molecular formula is C15H25NO4. The number of carbonyl (C=O) groups is 2. The van der Waals surface area contributed by atoms with Gasteiger partial charge >= 0.3 is 5.97 Å². The average Bonchev–Trinajstić information content (AvgIpc) is 2.45. The zero-order valence-corrected chi connectivity index (χ0v) is 12.2. The van der Waals surface area contributed by atoms with Crippen molar-refractivity contribution in [1.82, 2.24) is 4.90 Å². The van der Waals surface area contributed by atoms with E-state index in [0.29, 0.717) is 31.2 Å². The molecule has 2 atom stereocenters. The molecule has 1 amide bonds. The summed E-state index contributed by atoms with van der Waals surface area (Å²) in [5.74, 6) is 0.0853. The minimum Gasteiger partial charge on any atom is -0.480 e. The first kappa shape index (κ1) is 15.3. The lowest BCUT2D eigenvalue weighted by molar-refractivity contribution is -0.153. The number of likely N-dealkylation sites (tertiary alicyclic amines) is 1. The highest BCUT2D eigenvalue weighted by atomic mass is 16.5. The third kappa shape index (κ3) is 3.95. The first-order valence-corrected chi connectivity index (χ1v) is 7.68. The highest BCUT2D eigenvalue weighted by molar-refractivity contribution is 5.83. The molecule has 2 saturated heterocycles. The van der Waals surface area contributed by atoms with Crippen LogP contribution in [0.15, 0.2) is 0 Å². The predicted molar refractivity (Wildman–Crippen MR) is 74.3 cm³/mol. The third-order valence-electron chi connectivity index (χ3n) is 4.58. The lowest BCUT2D eigenvalue weighted by Crippen LogP contribution is -2.49. The molecule has 0 aromatic carbocycles. The van der Waals surface area contributed by atoms with Gasteiger partial charge in [0.05, 0.1) is 0 Å². The smallest absolute Gasteiger partial charge is 0.326 e. The van der Waals surface area contributed by atoms with Crippen molar-refractivity contribution >= 4 is 11.9 Å². The first-order valence-electron chi connectivity index (χ1n) is 7.68. The molecule has 114 valence electrons. The van der Waals surface area contributed by atoms with Gasteiger partial charge in [-0.2, -0.15) is 0 Å². The van der Waals surface area contributed by atoms with Crippen molar-refractivity contribution in [3.63, 3.8) is 0 Å². The maximum atomic E-state index is 12.3. The van der Waals surface area contributed by atoms with Crippen LogP contribution in [0.4, 0.5) is 0 Å². The van der Waals surface area contributed by atoms with Gasteiger partial charge < -0.3 is 14.7 Å². The first-order chi connectivity index (χ1) is 9.58. The summed E-state index contributed by atoms with van der Waals surface area (Å²) in [6.45, 7) is 4.22. The number of amides is 1. The molecule has 0 aromatic heterocycles. The molecule has 0 spiro atoms. The quantitative estimate of drug-likeness (QED) is 0.855. The number of carboxylic acids is 1. The number of hydrogen-bond donors (Lipinski definition) is 1. The van der Waals surface area contributed by atoms with Gasteiger partial charge in [0.1, 0.15) is 6.04 Å². The maximum absolute atomic E-state index is 12.3. The molecule has 0 saturated carbocycles. The molecular weight excluding hydrogens is 258 g/mol. The predicted octanol–water partition coefficient (Wildman–Crippen LogP) is 1.90. The minimum atomic E-state index is -0.865. The second-order valence-corrected chi connectivity index (χ2v) is 6.17. The van der Waals surface area contributed by atoms with Crippen LogP contribution in [0.25, 0.3) is 0 Å². The summed E-state index contributed by atoms with van der Waals surface area (Å²) in [5.41, 5.74) is 0. The summed E-state index contributed by atoms with van der Waals surface area (Å²) in [6, 6.07) is -0.624. The Bertz CT molecular complexity index is 352.